The third-order valence-corrected chi connectivity index (χ3v) is 3.65. The quantitative estimate of drug-likeness (QED) is 0.837. The van der Waals surface area contributed by atoms with Gasteiger partial charge in [0.2, 0.25) is 5.91 Å². The van der Waals surface area contributed by atoms with E-state index in [0.717, 1.165) is 4.90 Å². The summed E-state index contributed by atoms with van der Waals surface area (Å²) in [5, 5.41) is 9.28. The molecule has 1 atom stereocenters. The molecule has 1 aliphatic heterocycles. The van der Waals surface area contributed by atoms with E-state index in [9.17, 15) is 28.3 Å². The minimum absolute atomic E-state index is 0.131. The molecule has 0 aromatic carbocycles. The standard InChI is InChI=1S/C15H24F2N2O5/c1-14(2,3)24-13(23)18(4)10(12(21)22)9-11(20)19-7-5-15(16,17)6-8-19/h10H,5-9H2,1-4H3,(H,21,22). The van der Waals surface area contributed by atoms with E-state index in [0.29, 0.717) is 0 Å². The molecule has 9 heteroatoms. The Labute approximate surface area is 139 Å². The predicted molar refractivity (Wildman–Crippen MR) is 80.8 cm³/mol. The maximum Gasteiger partial charge on any atom is 0.410 e. The number of nitrogens with zero attached hydrogens (tertiary/aromatic N) is 2. The number of likely N-dealkylation sites (tertiary alicyclic amines) is 1. The normalized spacial score (nSPS) is 18.7. The van der Waals surface area contributed by atoms with Gasteiger partial charge < -0.3 is 14.7 Å². The van der Waals surface area contributed by atoms with Crippen molar-refractivity contribution in [2.75, 3.05) is 20.1 Å². The monoisotopic (exact) mass is 350 g/mol. The Balaban J connectivity index is 2.70. The van der Waals surface area contributed by atoms with Crippen LogP contribution in [0.1, 0.15) is 40.0 Å². The first-order valence-corrected chi connectivity index (χ1v) is 7.66. The fraction of sp³-hybridized carbons (Fsp3) is 0.800. The fourth-order valence-corrected chi connectivity index (χ4v) is 2.23. The molecule has 0 aliphatic carbocycles. The molecule has 0 radical (unpaired) electrons. The van der Waals surface area contributed by atoms with Crippen LogP contribution in [0.3, 0.4) is 0 Å². The number of likely N-dealkylation sites (N-methyl/N-ethyl adjacent to an activating group) is 1. The molecular formula is C15H24F2N2O5. The minimum atomic E-state index is -2.80. The van der Waals surface area contributed by atoms with Crippen molar-refractivity contribution in [1.29, 1.82) is 0 Å². The third kappa shape index (κ3) is 5.93. The van der Waals surface area contributed by atoms with Crippen LogP contribution in [-0.4, -0.2) is 70.6 Å². The van der Waals surface area contributed by atoms with E-state index in [4.69, 9.17) is 4.74 Å². The fourth-order valence-electron chi connectivity index (χ4n) is 2.23. The molecule has 1 heterocycles. The van der Waals surface area contributed by atoms with Gasteiger partial charge in [-0.25, -0.2) is 18.4 Å². The topological polar surface area (TPSA) is 87.2 Å². The third-order valence-electron chi connectivity index (χ3n) is 3.65. The van der Waals surface area contributed by atoms with Crippen molar-refractivity contribution >= 4 is 18.0 Å². The van der Waals surface area contributed by atoms with E-state index < -0.39 is 54.8 Å². The van der Waals surface area contributed by atoms with E-state index in [-0.39, 0.29) is 13.1 Å². The number of aliphatic carboxylic acids is 1. The second-order valence-corrected chi connectivity index (χ2v) is 6.89. The molecule has 24 heavy (non-hydrogen) atoms. The highest BCUT2D eigenvalue weighted by molar-refractivity contribution is 5.87. The molecule has 1 unspecified atom stereocenters. The number of carboxylic acid groups (broad SMARTS) is 1. The molecule has 1 aliphatic rings. The van der Waals surface area contributed by atoms with Crippen LogP contribution in [0.5, 0.6) is 0 Å². The van der Waals surface area contributed by atoms with E-state index in [1.807, 2.05) is 0 Å². The van der Waals surface area contributed by atoms with Crippen molar-refractivity contribution in [3.63, 3.8) is 0 Å². The molecule has 0 spiro atoms. The Morgan fingerprint density at radius 2 is 1.75 bits per heavy atom. The van der Waals surface area contributed by atoms with Crippen molar-refractivity contribution in [3.8, 4) is 0 Å². The van der Waals surface area contributed by atoms with Crippen LogP contribution in [0.15, 0.2) is 0 Å². The van der Waals surface area contributed by atoms with Gasteiger partial charge >= 0.3 is 12.1 Å². The Morgan fingerprint density at radius 3 is 2.17 bits per heavy atom. The molecule has 0 aromatic rings. The van der Waals surface area contributed by atoms with E-state index >= 15 is 0 Å². The molecular weight excluding hydrogens is 326 g/mol. The number of carbonyl (C=O) groups excluding carboxylic acids is 2. The lowest BCUT2D eigenvalue weighted by Gasteiger charge is -2.33. The van der Waals surface area contributed by atoms with E-state index in [1.165, 1.54) is 11.9 Å². The van der Waals surface area contributed by atoms with Crippen molar-refractivity contribution < 1.29 is 33.0 Å². The first-order valence-electron chi connectivity index (χ1n) is 7.66. The number of piperidine rings is 1. The summed E-state index contributed by atoms with van der Waals surface area (Å²) in [5.74, 6) is -4.73. The number of rotatable bonds is 4. The summed E-state index contributed by atoms with van der Waals surface area (Å²) in [7, 11) is 1.23. The largest absolute Gasteiger partial charge is 0.480 e. The minimum Gasteiger partial charge on any atom is -0.480 e. The Bertz CT molecular complexity index is 495. The molecule has 0 saturated carbocycles. The number of amides is 2. The van der Waals surface area contributed by atoms with Gasteiger partial charge in [-0.15, -0.1) is 0 Å². The zero-order valence-electron chi connectivity index (χ0n) is 14.3. The lowest BCUT2D eigenvalue weighted by molar-refractivity contribution is -0.148. The number of hydrogen-bond acceptors (Lipinski definition) is 4. The van der Waals surface area contributed by atoms with Gasteiger partial charge in [-0.3, -0.25) is 9.69 Å². The number of ether oxygens (including phenoxy) is 1. The maximum absolute atomic E-state index is 13.1. The Hall–Kier alpha value is -1.93. The van der Waals surface area contributed by atoms with Crippen LogP contribution in [0.25, 0.3) is 0 Å². The second-order valence-electron chi connectivity index (χ2n) is 6.89. The number of alkyl halides is 2. The lowest BCUT2D eigenvalue weighted by atomic mass is 10.1. The summed E-state index contributed by atoms with van der Waals surface area (Å²) in [6, 6.07) is -1.42. The molecule has 1 saturated heterocycles. The number of halogens is 2. The van der Waals surface area contributed by atoms with Crippen molar-refractivity contribution in [1.82, 2.24) is 9.80 Å². The van der Waals surface area contributed by atoms with Crippen molar-refractivity contribution in [3.05, 3.63) is 0 Å². The number of carbonyl (C=O) groups is 3. The molecule has 0 aromatic heterocycles. The second kappa shape index (κ2) is 7.31. The first-order chi connectivity index (χ1) is 10.8. The highest BCUT2D eigenvalue weighted by atomic mass is 19.3. The van der Waals surface area contributed by atoms with E-state index in [1.54, 1.807) is 20.8 Å². The Morgan fingerprint density at radius 1 is 1.25 bits per heavy atom. The zero-order valence-corrected chi connectivity index (χ0v) is 14.3. The molecule has 1 N–H and O–H groups in total. The van der Waals surface area contributed by atoms with Gasteiger partial charge in [0.25, 0.3) is 5.92 Å². The highest BCUT2D eigenvalue weighted by Gasteiger charge is 2.38. The molecule has 2 amide bonds. The van der Waals surface area contributed by atoms with Gasteiger partial charge in [0.1, 0.15) is 11.6 Å². The van der Waals surface area contributed by atoms with Gasteiger partial charge in [0.15, 0.2) is 0 Å². The van der Waals surface area contributed by atoms with Crippen molar-refractivity contribution in [2.45, 2.75) is 57.6 Å². The molecule has 7 nitrogen and oxygen atoms in total. The average molecular weight is 350 g/mol. The van der Waals surface area contributed by atoms with Gasteiger partial charge in [0, 0.05) is 33.0 Å². The lowest BCUT2D eigenvalue weighted by Crippen LogP contribution is -2.49. The molecule has 0 bridgehead atoms. The van der Waals surface area contributed by atoms with Crippen LogP contribution < -0.4 is 0 Å². The van der Waals surface area contributed by atoms with Crippen LogP contribution in [0, 0.1) is 0 Å². The van der Waals surface area contributed by atoms with Gasteiger partial charge in [0.05, 0.1) is 6.42 Å². The average Bonchev–Trinajstić information content (AvgIpc) is 2.41. The van der Waals surface area contributed by atoms with Crippen LogP contribution in [-0.2, 0) is 14.3 Å². The first kappa shape index (κ1) is 20.1. The molecule has 1 fully saturated rings. The Kier molecular flexibility index (Phi) is 6.13. The number of hydrogen-bond donors (Lipinski definition) is 1. The highest BCUT2D eigenvalue weighted by Crippen LogP contribution is 2.28. The molecule has 138 valence electrons. The predicted octanol–water partition coefficient (Wildman–Crippen LogP) is 1.95. The van der Waals surface area contributed by atoms with Gasteiger partial charge in [-0.2, -0.15) is 0 Å². The SMILES string of the molecule is CN(C(=O)OC(C)(C)C)C(CC(=O)N1CCC(F)(F)CC1)C(=O)O. The summed E-state index contributed by atoms with van der Waals surface area (Å²) in [4.78, 5) is 37.6. The van der Waals surface area contributed by atoms with E-state index in [2.05, 4.69) is 0 Å². The van der Waals surface area contributed by atoms with Crippen molar-refractivity contribution in [2.24, 2.45) is 0 Å². The smallest absolute Gasteiger partial charge is 0.410 e. The zero-order chi connectivity index (χ0) is 18.7. The van der Waals surface area contributed by atoms with Crippen LogP contribution in [0.2, 0.25) is 0 Å². The summed E-state index contributed by atoms with van der Waals surface area (Å²) < 4.78 is 31.3. The molecule has 1 rings (SSSR count). The summed E-state index contributed by atoms with van der Waals surface area (Å²) in [5.41, 5.74) is -0.809. The summed E-state index contributed by atoms with van der Waals surface area (Å²) >= 11 is 0. The van der Waals surface area contributed by atoms with Gasteiger partial charge in [-0.1, -0.05) is 0 Å². The summed E-state index contributed by atoms with van der Waals surface area (Å²) in [6.45, 7) is 4.64. The van der Waals surface area contributed by atoms with Crippen LogP contribution in [0.4, 0.5) is 13.6 Å². The van der Waals surface area contributed by atoms with Gasteiger partial charge in [-0.05, 0) is 20.8 Å². The maximum atomic E-state index is 13.1. The summed E-state index contributed by atoms with van der Waals surface area (Å²) in [6.07, 6.45) is -2.25. The van der Waals surface area contributed by atoms with Crippen LogP contribution >= 0.6 is 0 Å². The number of carboxylic acids is 1.